The van der Waals surface area contributed by atoms with Gasteiger partial charge in [-0.3, -0.25) is 43.3 Å². The summed E-state index contributed by atoms with van der Waals surface area (Å²) in [5.41, 5.74) is 7.48. The number of primary amides is 1. The number of ether oxygens (including phenoxy) is 2. The van der Waals surface area contributed by atoms with Gasteiger partial charge in [0, 0.05) is 84.5 Å². The van der Waals surface area contributed by atoms with Crippen LogP contribution in [0.5, 0.6) is 0 Å². The number of carbonyl (C=O) groups is 9. The molecular formula is C69H105N13O13S. The Morgan fingerprint density at radius 3 is 1.93 bits per heavy atom. The van der Waals surface area contributed by atoms with Crippen molar-refractivity contribution in [1.29, 1.82) is 0 Å². The van der Waals surface area contributed by atoms with E-state index in [0.29, 0.717) is 55.5 Å². The first-order valence-corrected chi connectivity index (χ1v) is 35.0. The number of unbranched alkanes of at least 4 members (excludes halogenated alkanes) is 1. The van der Waals surface area contributed by atoms with Crippen LogP contribution < -0.4 is 43.0 Å². The molecule has 9 N–H and O–H groups in total. The van der Waals surface area contributed by atoms with Crippen LogP contribution in [0, 0.1) is 41.4 Å². The second kappa shape index (κ2) is 39.2. The van der Waals surface area contributed by atoms with Crippen molar-refractivity contribution in [2.45, 2.75) is 193 Å². The molecule has 1 saturated heterocycles. The van der Waals surface area contributed by atoms with Crippen molar-refractivity contribution < 1.29 is 61.0 Å². The Balaban J connectivity index is 1.43. The highest BCUT2D eigenvalue weighted by Gasteiger charge is 2.44. The molecule has 1 aromatic heterocycles. The topological polar surface area (TPSA) is 352 Å². The van der Waals surface area contributed by atoms with Crippen LogP contribution in [0.2, 0.25) is 0 Å². The predicted octanol–water partition coefficient (Wildman–Crippen LogP) is 4.11. The number of hydrogen-bond donors (Lipinski definition) is 8. The largest absolute Gasteiger partial charge is 0.379 e. The molecule has 27 heteroatoms. The highest BCUT2D eigenvalue weighted by Crippen LogP contribution is 2.30. The summed E-state index contributed by atoms with van der Waals surface area (Å²) in [6, 6.07) is 9.64. The van der Waals surface area contributed by atoms with Gasteiger partial charge in [0.2, 0.25) is 62.3 Å². The van der Waals surface area contributed by atoms with E-state index in [1.54, 1.807) is 61.9 Å². The third-order valence-electron chi connectivity index (χ3n) is 17.3. The third kappa shape index (κ3) is 24.9. The van der Waals surface area contributed by atoms with Crippen molar-refractivity contribution in [2.24, 2.45) is 35.3 Å². The van der Waals surface area contributed by atoms with Crippen LogP contribution >= 0.6 is 0 Å². The normalized spacial score (nSPS) is 16.3. The fourth-order valence-electron chi connectivity index (χ4n) is 11.9. The summed E-state index contributed by atoms with van der Waals surface area (Å²) < 4.78 is 35.5. The fourth-order valence-corrected chi connectivity index (χ4v) is 12.4. The van der Waals surface area contributed by atoms with Gasteiger partial charge in [0.25, 0.3) is 0 Å². The van der Waals surface area contributed by atoms with E-state index >= 15 is 0 Å². The maximum absolute atomic E-state index is 14.6. The number of anilines is 1. The molecule has 0 saturated carbocycles. The van der Waals surface area contributed by atoms with Crippen LogP contribution in [-0.2, 0) is 70.6 Å². The lowest BCUT2D eigenvalue weighted by molar-refractivity contribution is -0.148. The lowest BCUT2D eigenvalue weighted by Crippen LogP contribution is -2.59. The van der Waals surface area contributed by atoms with Crippen LogP contribution in [-0.4, -0.2) is 196 Å². The minimum atomic E-state index is -3.56. The summed E-state index contributed by atoms with van der Waals surface area (Å²) in [5.74, 6) is 0.871. The van der Waals surface area contributed by atoms with Crippen LogP contribution in [0.15, 0.2) is 72.1 Å². The first kappa shape index (κ1) is 80.4. The number of aromatic nitrogens is 2. The number of rotatable bonds is 37. The highest BCUT2D eigenvalue weighted by atomic mass is 32.2. The van der Waals surface area contributed by atoms with E-state index in [1.807, 2.05) is 90.9 Å². The molecule has 0 unspecified atom stereocenters. The van der Waals surface area contributed by atoms with Crippen molar-refractivity contribution in [2.75, 3.05) is 60.0 Å². The number of nitrogens with zero attached hydrogens (tertiary/aromatic N) is 5. The monoisotopic (exact) mass is 1360 g/mol. The zero-order valence-corrected chi connectivity index (χ0v) is 59.5. The maximum Gasteiger partial charge on any atom is 0.312 e. The number of sulfone groups is 1. The van der Waals surface area contributed by atoms with Crippen LogP contribution in [0.4, 0.5) is 10.5 Å². The number of likely N-dealkylation sites (tertiary alicyclic amines) is 1. The number of hydrogen-bond acceptors (Lipinski definition) is 16. The molecule has 1 fully saturated rings. The van der Waals surface area contributed by atoms with Crippen molar-refractivity contribution in [3.63, 3.8) is 0 Å². The van der Waals surface area contributed by atoms with E-state index in [4.69, 9.17) is 15.2 Å². The minimum Gasteiger partial charge on any atom is -0.379 e. The number of methoxy groups -OCH3 is 2. The number of carbonyl (C=O) groups excluding carboxylic acids is 9. The molecular weight excluding hydrogens is 1250 g/mol. The first-order chi connectivity index (χ1) is 45.3. The van der Waals surface area contributed by atoms with Gasteiger partial charge < -0.3 is 62.2 Å². The highest BCUT2D eigenvalue weighted by molar-refractivity contribution is 7.90. The minimum absolute atomic E-state index is 0.00745. The van der Waals surface area contributed by atoms with E-state index in [0.717, 1.165) is 11.8 Å². The average molecular weight is 1360 g/mol. The van der Waals surface area contributed by atoms with Gasteiger partial charge in [-0.15, -0.1) is 0 Å². The van der Waals surface area contributed by atoms with Crippen molar-refractivity contribution >= 4 is 68.8 Å². The number of benzene rings is 2. The quantitative estimate of drug-likeness (QED) is 0.0229. The van der Waals surface area contributed by atoms with Gasteiger partial charge in [0.05, 0.1) is 48.2 Å². The van der Waals surface area contributed by atoms with Crippen LogP contribution in [0.3, 0.4) is 0 Å². The summed E-state index contributed by atoms with van der Waals surface area (Å²) >= 11 is 0. The molecule has 96 heavy (non-hydrogen) atoms. The van der Waals surface area contributed by atoms with Gasteiger partial charge in [-0.1, -0.05) is 123 Å². The summed E-state index contributed by atoms with van der Waals surface area (Å²) in [6.45, 7) is 17.5. The zero-order chi connectivity index (χ0) is 71.6. The fraction of sp³-hybridized carbons (Fsp3) is 0.609. The van der Waals surface area contributed by atoms with Gasteiger partial charge in [-0.05, 0) is 93.1 Å². The molecule has 530 valence electrons. The van der Waals surface area contributed by atoms with Gasteiger partial charge in [0.15, 0.2) is 0 Å². The molecule has 1 aliphatic heterocycles. The molecule has 2 heterocycles. The Labute approximate surface area is 567 Å². The van der Waals surface area contributed by atoms with Gasteiger partial charge in [-0.2, -0.15) is 0 Å². The maximum atomic E-state index is 14.6. The number of nitrogens with two attached hydrogens (primary N) is 1. The Kier molecular flexibility index (Phi) is 32.8. The second-order valence-corrected chi connectivity index (χ2v) is 28.0. The summed E-state index contributed by atoms with van der Waals surface area (Å²) in [6.07, 6.45) is 5.08. The Bertz CT molecular complexity index is 3230. The standard InChI is InChI=1S/C69H105N13O13S/c1-16-45(8)60(81(12)67(90)58(43(4)5)79-66(89)59(44(6)7)80(10)11)54(94-13)38-56(84)82-36-24-29-53(82)61(95-14)46(9)62(85)77-52(37-47-25-19-17-20-26-47)63(86)72-39-48-31-33-50(34-32-48)75-64(87)51(28-23-35-71-68(70)91)76-65(88)57(42(2)3)78-55(83)30-22-18-21-27-49-40-73-69(74-41-49)96(15,92)93/h17,19-20,25-26,31-34,40-46,51-54,57-61H,16,18,22-24,28-30,35-39H2,1-15H3,(H,72,86)(H,75,87)(H,76,88)(H,77,85)(H,78,83)(H,79,89)(H3,70,71,91)/t45-,46+,51-,52-,53-,54+,57-,58-,59-,60-,61+/m0/s1. The second-order valence-electron chi connectivity index (χ2n) is 26.1. The van der Waals surface area contributed by atoms with E-state index < -0.39 is 106 Å². The third-order valence-corrected chi connectivity index (χ3v) is 18.2. The van der Waals surface area contributed by atoms with Gasteiger partial charge >= 0.3 is 6.03 Å². The molecule has 0 aliphatic carbocycles. The molecule has 0 radical (unpaired) electrons. The smallest absolute Gasteiger partial charge is 0.312 e. The zero-order valence-electron chi connectivity index (χ0n) is 58.7. The van der Waals surface area contributed by atoms with Crippen LogP contribution in [0.25, 0.3) is 0 Å². The van der Waals surface area contributed by atoms with E-state index in [2.05, 4.69) is 59.0 Å². The lowest BCUT2D eigenvalue weighted by Gasteiger charge is -2.41. The Hall–Kier alpha value is -8.06. The molecule has 0 bridgehead atoms. The van der Waals surface area contributed by atoms with E-state index in [9.17, 15) is 51.6 Å². The molecule has 0 spiro atoms. The van der Waals surface area contributed by atoms with E-state index in [-0.39, 0.29) is 91.7 Å². The summed E-state index contributed by atoms with van der Waals surface area (Å²) in [7, 11) is 4.83. The first-order valence-electron chi connectivity index (χ1n) is 33.1. The molecule has 3 aromatic rings. The average Bonchev–Trinajstić information content (AvgIpc) is 1.89. The number of likely N-dealkylation sites (N-methyl/N-ethyl adjacent to an activating group) is 2. The summed E-state index contributed by atoms with van der Waals surface area (Å²) in [4.78, 5) is 137. The molecule has 1 aliphatic rings. The summed E-state index contributed by atoms with van der Waals surface area (Å²) in [5, 5.41) is 19.5. The van der Waals surface area contributed by atoms with Crippen molar-refractivity contribution in [1.82, 2.24) is 56.6 Å². The van der Waals surface area contributed by atoms with Crippen molar-refractivity contribution in [3.05, 3.63) is 83.7 Å². The molecule has 2 aromatic carbocycles. The molecule has 10 amide bonds. The molecule has 4 rings (SSSR count). The van der Waals surface area contributed by atoms with Crippen molar-refractivity contribution in [3.8, 4) is 11.8 Å². The van der Waals surface area contributed by atoms with Gasteiger partial charge in [-0.25, -0.2) is 23.2 Å². The predicted molar refractivity (Wildman–Crippen MR) is 366 cm³/mol. The number of amides is 10. The SMILES string of the molecule is CC[C@H](C)[C@@H]([C@@H](CC(=O)N1CCC[C@H]1[C@H](OC)[C@@H](C)C(=O)N[C@@H](Cc1ccccc1)C(=O)NCc1ccc(NC(=O)[C@H](CCCNC(N)=O)NC(=O)[C@@H](NC(=O)CCCC#Cc2cnc(S(C)(=O)=O)nc2)C(C)C)cc1)OC)N(C)C(=O)[C@@H](NC(=O)[C@H](C(C)C)N(C)C)C(C)C. The van der Waals surface area contributed by atoms with Crippen LogP contribution in [0.1, 0.15) is 137 Å². The molecule has 11 atom stereocenters. The lowest BCUT2D eigenvalue weighted by atomic mass is 9.89. The molecule has 26 nitrogen and oxygen atoms in total. The Morgan fingerprint density at radius 1 is 0.729 bits per heavy atom. The number of nitrogens with one attached hydrogen (secondary N) is 7. The van der Waals surface area contributed by atoms with Gasteiger partial charge in [0.1, 0.15) is 24.2 Å². The Morgan fingerprint density at radius 2 is 1.36 bits per heavy atom. The number of urea groups is 1. The van der Waals surface area contributed by atoms with E-state index in [1.165, 1.54) is 26.6 Å².